The van der Waals surface area contributed by atoms with E-state index in [1.807, 2.05) is 18.2 Å². The van der Waals surface area contributed by atoms with E-state index in [0.29, 0.717) is 0 Å². The Morgan fingerprint density at radius 3 is 1.10 bits per heavy atom. The summed E-state index contributed by atoms with van der Waals surface area (Å²) in [6.45, 7) is 0. The van der Waals surface area contributed by atoms with Gasteiger partial charge in [-0.1, -0.05) is 0 Å². The molecule has 0 aromatic heterocycles. The second kappa shape index (κ2) is 7.67. The Balaban J connectivity index is 2.16. The molecule has 0 aliphatic carbocycles. The molecule has 4 aromatic carbocycles. The van der Waals surface area contributed by atoms with Gasteiger partial charge in [0.1, 0.15) is 0 Å². The van der Waals surface area contributed by atoms with Gasteiger partial charge in [0.05, 0.1) is 0 Å². The van der Waals surface area contributed by atoms with Crippen molar-refractivity contribution in [1.29, 1.82) is 0 Å². The van der Waals surface area contributed by atoms with Crippen molar-refractivity contribution in [2.45, 2.75) is 0 Å². The van der Waals surface area contributed by atoms with Crippen LogP contribution in [0, 0.1) is 0 Å². The number of hydrogen-bond donors (Lipinski definition) is 0. The molecule has 0 spiro atoms. The van der Waals surface area contributed by atoms with Gasteiger partial charge in [-0.05, 0) is 0 Å². The molecular weight excluding hydrogens is 393 g/mol. The van der Waals surface area contributed by atoms with Crippen LogP contribution < -0.4 is 26.1 Å². The third kappa shape index (κ3) is 3.06. The standard InChI is InChI=1S/C26H25ClNP/c1-28(2)22-18-20-26(21-19-22)29(27,23-12-6-3-7-13-23,24-14-8-4-9-15-24)25-16-10-5-11-17-25/h3-21H,1-2H3. The number of benzene rings is 4. The zero-order valence-electron chi connectivity index (χ0n) is 16.7. The molecule has 0 amide bonds. The fourth-order valence-corrected chi connectivity index (χ4v) is 10.1. The molecule has 4 aromatic rings. The molecule has 4 rings (SSSR count). The van der Waals surface area contributed by atoms with Crippen molar-refractivity contribution in [3.8, 4) is 0 Å². The van der Waals surface area contributed by atoms with Crippen molar-refractivity contribution in [2.24, 2.45) is 0 Å². The molecule has 0 unspecified atom stereocenters. The summed E-state index contributed by atoms with van der Waals surface area (Å²) in [4.78, 5) is 2.11. The Labute approximate surface area is 178 Å². The van der Waals surface area contributed by atoms with E-state index in [-0.39, 0.29) is 0 Å². The van der Waals surface area contributed by atoms with E-state index in [1.165, 1.54) is 0 Å². The van der Waals surface area contributed by atoms with Crippen molar-refractivity contribution in [2.75, 3.05) is 19.0 Å². The quantitative estimate of drug-likeness (QED) is 0.410. The van der Waals surface area contributed by atoms with Gasteiger partial charge >= 0.3 is 178 Å². The Kier molecular flexibility index (Phi) is 5.21. The predicted octanol–water partition coefficient (Wildman–Crippen LogP) is 5.06. The van der Waals surface area contributed by atoms with Gasteiger partial charge in [0.2, 0.25) is 0 Å². The van der Waals surface area contributed by atoms with Crippen LogP contribution in [-0.2, 0) is 0 Å². The Morgan fingerprint density at radius 1 is 0.483 bits per heavy atom. The molecule has 0 radical (unpaired) electrons. The van der Waals surface area contributed by atoms with Crippen molar-refractivity contribution >= 4 is 44.1 Å². The summed E-state index contributed by atoms with van der Waals surface area (Å²) in [5.74, 6) is -3.42. The topological polar surface area (TPSA) is 3.24 Å². The summed E-state index contributed by atoms with van der Waals surface area (Å²) in [7, 11) is 4.11. The first kappa shape index (κ1) is 19.7. The zero-order chi connectivity index (χ0) is 20.3. The molecular formula is C26H25ClNP. The molecule has 0 atom stereocenters. The van der Waals surface area contributed by atoms with Gasteiger partial charge in [-0.2, -0.15) is 0 Å². The van der Waals surface area contributed by atoms with Crippen LogP contribution >= 0.6 is 17.2 Å². The van der Waals surface area contributed by atoms with E-state index < -0.39 is 5.96 Å². The van der Waals surface area contributed by atoms with Gasteiger partial charge < -0.3 is 0 Å². The van der Waals surface area contributed by atoms with Gasteiger partial charge in [-0.15, -0.1) is 0 Å². The van der Waals surface area contributed by atoms with Crippen LogP contribution in [0.1, 0.15) is 0 Å². The molecule has 29 heavy (non-hydrogen) atoms. The third-order valence-electron chi connectivity index (χ3n) is 5.57. The van der Waals surface area contributed by atoms with Crippen LogP contribution in [0.5, 0.6) is 0 Å². The molecule has 0 bridgehead atoms. The van der Waals surface area contributed by atoms with Crippen LogP contribution in [0.3, 0.4) is 0 Å². The normalized spacial score (nSPS) is 12.7. The summed E-state index contributed by atoms with van der Waals surface area (Å²) >= 11 is 8.15. The second-order valence-corrected chi connectivity index (χ2v) is 13.5. The first-order valence-electron chi connectivity index (χ1n) is 9.73. The molecule has 0 heterocycles. The van der Waals surface area contributed by atoms with Gasteiger partial charge in [0.15, 0.2) is 0 Å². The van der Waals surface area contributed by atoms with Crippen LogP contribution in [0.25, 0.3) is 0 Å². The molecule has 0 saturated heterocycles. The van der Waals surface area contributed by atoms with Crippen molar-refractivity contribution in [3.63, 3.8) is 0 Å². The molecule has 0 aliphatic heterocycles. The van der Waals surface area contributed by atoms with Crippen LogP contribution in [0.2, 0.25) is 0 Å². The average molecular weight is 418 g/mol. The third-order valence-corrected chi connectivity index (χ3v) is 13.0. The predicted molar refractivity (Wildman–Crippen MR) is 131 cm³/mol. The van der Waals surface area contributed by atoms with Gasteiger partial charge in [0.25, 0.3) is 0 Å². The van der Waals surface area contributed by atoms with Crippen LogP contribution in [0.4, 0.5) is 5.69 Å². The molecule has 0 saturated carbocycles. The average Bonchev–Trinajstić information content (AvgIpc) is 2.80. The Morgan fingerprint density at radius 2 is 0.793 bits per heavy atom. The van der Waals surface area contributed by atoms with E-state index >= 15 is 0 Å². The summed E-state index contributed by atoms with van der Waals surface area (Å²) in [6, 6.07) is 40.4. The molecule has 3 heteroatoms. The first-order valence-corrected chi connectivity index (χ1v) is 12.9. The minimum absolute atomic E-state index is 1.15. The molecule has 0 fully saturated rings. The van der Waals surface area contributed by atoms with Crippen LogP contribution in [-0.4, -0.2) is 14.1 Å². The van der Waals surface area contributed by atoms with Crippen molar-refractivity contribution < 1.29 is 0 Å². The van der Waals surface area contributed by atoms with E-state index in [2.05, 4.69) is 116 Å². The van der Waals surface area contributed by atoms with Crippen molar-refractivity contribution in [3.05, 3.63) is 115 Å². The Bertz CT molecular complexity index is 978. The summed E-state index contributed by atoms with van der Waals surface area (Å²) in [5.41, 5.74) is 1.16. The zero-order valence-corrected chi connectivity index (χ0v) is 18.4. The van der Waals surface area contributed by atoms with E-state index in [4.69, 9.17) is 11.2 Å². The fourth-order valence-electron chi connectivity index (χ4n) is 4.05. The molecule has 0 aliphatic rings. The monoisotopic (exact) mass is 417 g/mol. The second-order valence-electron chi connectivity index (χ2n) is 7.43. The maximum absolute atomic E-state index is 8.15. The number of anilines is 1. The molecule has 1 nitrogen and oxygen atoms in total. The van der Waals surface area contributed by atoms with Crippen LogP contribution in [0.15, 0.2) is 115 Å². The number of nitrogens with zero attached hydrogens (tertiary/aromatic N) is 1. The van der Waals surface area contributed by atoms with Gasteiger partial charge in [0, 0.05) is 0 Å². The maximum atomic E-state index is 8.15. The fraction of sp³-hybridized carbons (Fsp3) is 0.0769. The summed E-state index contributed by atoms with van der Waals surface area (Å²) < 4.78 is 0. The van der Waals surface area contributed by atoms with Crippen molar-refractivity contribution in [1.82, 2.24) is 0 Å². The van der Waals surface area contributed by atoms with E-state index in [9.17, 15) is 0 Å². The van der Waals surface area contributed by atoms with E-state index in [1.54, 1.807) is 0 Å². The molecule has 146 valence electrons. The number of hydrogen-bond acceptors (Lipinski definition) is 1. The number of rotatable bonds is 5. The molecule has 0 N–H and O–H groups in total. The minimum atomic E-state index is -3.42. The van der Waals surface area contributed by atoms with Gasteiger partial charge in [-0.3, -0.25) is 0 Å². The SMILES string of the molecule is CN(C)c1ccc(P(Cl)(c2ccccc2)(c2ccccc2)c2ccccc2)cc1. The summed E-state index contributed by atoms with van der Waals surface area (Å²) in [5, 5.41) is 4.59. The number of halogens is 1. The Hall–Kier alpha value is -2.60. The van der Waals surface area contributed by atoms with E-state index in [0.717, 1.165) is 26.9 Å². The van der Waals surface area contributed by atoms with Gasteiger partial charge in [-0.25, -0.2) is 0 Å². The summed E-state index contributed by atoms with van der Waals surface area (Å²) in [6.07, 6.45) is 0. The first-order chi connectivity index (χ1) is 14.1.